The number of aliphatic carboxylic acids is 1. The third-order valence-electron chi connectivity index (χ3n) is 11.5. The summed E-state index contributed by atoms with van der Waals surface area (Å²) in [6.45, 7) is 7.41. The molecule has 4 aliphatic carbocycles. The van der Waals surface area contributed by atoms with Gasteiger partial charge in [-0.2, -0.15) is 0 Å². The zero-order chi connectivity index (χ0) is 25.5. The van der Waals surface area contributed by atoms with Gasteiger partial charge >= 0.3 is 12.1 Å². The first kappa shape index (κ1) is 25.6. The molecule has 2 N–H and O–H groups in total. The summed E-state index contributed by atoms with van der Waals surface area (Å²) in [7, 11) is 0. The minimum Gasteiger partial charge on any atom is -0.481 e. The minimum absolute atomic E-state index is 0.0168. The lowest BCUT2D eigenvalue weighted by Gasteiger charge is -2.61. The maximum Gasteiger partial charge on any atom is 0.411 e. The fourth-order valence-corrected chi connectivity index (χ4v) is 9.67. The first-order valence-electron chi connectivity index (χ1n) is 14.4. The Morgan fingerprint density at radius 1 is 1.00 bits per heavy atom. The van der Waals surface area contributed by atoms with Crippen molar-refractivity contribution in [2.45, 2.75) is 97.5 Å². The molecule has 0 heterocycles. The summed E-state index contributed by atoms with van der Waals surface area (Å²) in [4.78, 5) is 23.7. The van der Waals surface area contributed by atoms with E-state index >= 15 is 0 Å². The second-order valence-corrected chi connectivity index (χ2v) is 13.1. The Balaban J connectivity index is 1.21. The van der Waals surface area contributed by atoms with E-state index in [-0.39, 0.29) is 12.2 Å². The van der Waals surface area contributed by atoms with E-state index in [4.69, 9.17) is 4.74 Å². The van der Waals surface area contributed by atoms with Crippen LogP contribution in [0, 0.1) is 46.3 Å². The first-order valence-corrected chi connectivity index (χ1v) is 14.4. The third kappa shape index (κ3) is 4.67. The number of carboxylic acids is 1. The van der Waals surface area contributed by atoms with Crippen LogP contribution in [0.15, 0.2) is 30.3 Å². The topological polar surface area (TPSA) is 75.6 Å². The van der Waals surface area contributed by atoms with Crippen molar-refractivity contribution in [3.63, 3.8) is 0 Å². The number of rotatable bonds is 6. The number of anilines is 1. The van der Waals surface area contributed by atoms with E-state index in [0.717, 1.165) is 49.1 Å². The third-order valence-corrected chi connectivity index (χ3v) is 11.5. The Labute approximate surface area is 216 Å². The molecule has 5 nitrogen and oxygen atoms in total. The van der Waals surface area contributed by atoms with Crippen LogP contribution in [0.25, 0.3) is 0 Å². The summed E-state index contributed by atoms with van der Waals surface area (Å²) in [5, 5.41) is 12.1. The summed E-state index contributed by atoms with van der Waals surface area (Å²) >= 11 is 0. The molecule has 4 aliphatic rings. The molecule has 1 aromatic rings. The molecule has 0 bridgehead atoms. The number of nitrogens with one attached hydrogen (secondary N) is 1. The Morgan fingerprint density at radius 3 is 2.47 bits per heavy atom. The van der Waals surface area contributed by atoms with Crippen molar-refractivity contribution in [1.82, 2.24) is 0 Å². The predicted octanol–water partition coefficient (Wildman–Crippen LogP) is 7.76. The first-order chi connectivity index (χ1) is 17.2. The quantitative estimate of drug-likeness (QED) is 0.423. The van der Waals surface area contributed by atoms with Crippen molar-refractivity contribution >= 4 is 17.7 Å². The highest BCUT2D eigenvalue weighted by atomic mass is 16.6. The maximum absolute atomic E-state index is 12.5. The minimum atomic E-state index is -0.659. The highest BCUT2D eigenvalue weighted by molar-refractivity contribution is 5.84. The molecule has 0 aliphatic heterocycles. The molecule has 1 amide bonds. The molecule has 0 radical (unpaired) electrons. The molecule has 0 unspecified atom stereocenters. The number of carboxylic acid groups (broad SMARTS) is 1. The molecule has 4 saturated carbocycles. The number of hydrogen-bond donors (Lipinski definition) is 2. The van der Waals surface area contributed by atoms with Crippen molar-refractivity contribution in [1.29, 1.82) is 0 Å². The molecule has 0 spiro atoms. The standard InChI is InChI=1S/C31H45NO4/c1-20(9-14-28(33)34)25-12-13-26-24-11-10-21-19-23(36-29(35)32-22-7-5-4-6-8-22)15-17-30(21,2)27(24)16-18-31(25,26)3/h4-8,20-21,23-27H,9-19H2,1-3H3,(H,32,35)(H,33,34)/t20-,21-,23-,24+,25-,26+,27+,30+,31-/m1/s1. The summed E-state index contributed by atoms with van der Waals surface area (Å²) in [5.41, 5.74) is 1.51. The van der Waals surface area contributed by atoms with E-state index < -0.39 is 5.97 Å². The fourth-order valence-electron chi connectivity index (χ4n) is 9.67. The summed E-state index contributed by atoms with van der Waals surface area (Å²) < 4.78 is 5.90. The average Bonchev–Trinajstić information content (AvgIpc) is 3.20. The molecular weight excluding hydrogens is 450 g/mol. The van der Waals surface area contributed by atoms with Crippen LogP contribution in [0.5, 0.6) is 0 Å². The highest BCUT2D eigenvalue weighted by Gasteiger charge is 2.60. The number of amides is 1. The van der Waals surface area contributed by atoms with Crippen molar-refractivity contribution in [3.8, 4) is 0 Å². The number of ether oxygens (including phenoxy) is 1. The number of carbonyl (C=O) groups excluding carboxylic acids is 1. The number of hydrogen-bond acceptors (Lipinski definition) is 3. The largest absolute Gasteiger partial charge is 0.481 e. The number of benzene rings is 1. The van der Waals surface area contributed by atoms with Crippen LogP contribution in [0.1, 0.15) is 91.4 Å². The number of fused-ring (bicyclic) bond motifs is 5. The lowest BCUT2D eigenvalue weighted by molar-refractivity contribution is -0.138. The second kappa shape index (κ2) is 10.0. The van der Waals surface area contributed by atoms with Gasteiger partial charge < -0.3 is 9.84 Å². The molecule has 0 aromatic heterocycles. The zero-order valence-electron chi connectivity index (χ0n) is 22.4. The van der Waals surface area contributed by atoms with Crippen LogP contribution < -0.4 is 5.32 Å². The molecule has 0 saturated heterocycles. The van der Waals surface area contributed by atoms with Crippen molar-refractivity contribution in [2.75, 3.05) is 5.32 Å². The normalized spacial score (nSPS) is 40.3. The highest BCUT2D eigenvalue weighted by Crippen LogP contribution is 2.68. The van der Waals surface area contributed by atoms with Gasteiger partial charge in [0, 0.05) is 12.1 Å². The monoisotopic (exact) mass is 495 g/mol. The molecule has 9 atom stereocenters. The van der Waals surface area contributed by atoms with E-state index in [0.29, 0.717) is 35.0 Å². The van der Waals surface area contributed by atoms with Crippen LogP contribution in [-0.2, 0) is 9.53 Å². The van der Waals surface area contributed by atoms with Gasteiger partial charge in [-0.3, -0.25) is 10.1 Å². The van der Waals surface area contributed by atoms with Gasteiger partial charge in [0.15, 0.2) is 0 Å². The van der Waals surface area contributed by atoms with Crippen LogP contribution in [0.4, 0.5) is 10.5 Å². The van der Waals surface area contributed by atoms with Crippen LogP contribution >= 0.6 is 0 Å². The van der Waals surface area contributed by atoms with Gasteiger partial charge in [0.1, 0.15) is 6.10 Å². The van der Waals surface area contributed by atoms with Crippen LogP contribution in [-0.4, -0.2) is 23.3 Å². The van der Waals surface area contributed by atoms with Gasteiger partial charge in [-0.05, 0) is 123 Å². The number of para-hydroxylation sites is 1. The van der Waals surface area contributed by atoms with E-state index in [1.165, 1.54) is 38.5 Å². The molecule has 36 heavy (non-hydrogen) atoms. The summed E-state index contributed by atoms with van der Waals surface area (Å²) in [6.07, 6.45) is 11.7. The summed E-state index contributed by atoms with van der Waals surface area (Å²) in [6, 6.07) is 9.54. The van der Waals surface area contributed by atoms with E-state index in [1.807, 2.05) is 30.3 Å². The van der Waals surface area contributed by atoms with Gasteiger partial charge in [-0.25, -0.2) is 4.79 Å². The smallest absolute Gasteiger partial charge is 0.411 e. The van der Waals surface area contributed by atoms with Gasteiger partial charge in [0.05, 0.1) is 0 Å². The van der Waals surface area contributed by atoms with Crippen molar-refractivity contribution < 1.29 is 19.4 Å². The molecule has 5 heteroatoms. The van der Waals surface area contributed by atoms with E-state index in [9.17, 15) is 14.7 Å². The van der Waals surface area contributed by atoms with Crippen molar-refractivity contribution in [3.05, 3.63) is 30.3 Å². The Hall–Kier alpha value is -2.04. The molecular formula is C31H45NO4. The lowest BCUT2D eigenvalue weighted by Crippen LogP contribution is -2.54. The SMILES string of the molecule is C[C@H](CCC(=O)O)[C@H]1CC[C@H]2[C@@H]3CC[C@@H]4C[C@H](OC(=O)Nc5ccccc5)CC[C@]4(C)[C@H]3CC[C@]12C. The Kier molecular flexibility index (Phi) is 7.13. The average molecular weight is 496 g/mol. The zero-order valence-corrected chi connectivity index (χ0v) is 22.4. The lowest BCUT2D eigenvalue weighted by atomic mass is 9.44. The molecule has 5 rings (SSSR count). The van der Waals surface area contributed by atoms with Gasteiger partial charge in [-0.15, -0.1) is 0 Å². The molecule has 1 aromatic carbocycles. The van der Waals surface area contributed by atoms with Gasteiger partial charge in [0.25, 0.3) is 0 Å². The van der Waals surface area contributed by atoms with Crippen LogP contribution in [0.2, 0.25) is 0 Å². The maximum atomic E-state index is 12.5. The molecule has 198 valence electrons. The van der Waals surface area contributed by atoms with E-state index in [2.05, 4.69) is 26.1 Å². The van der Waals surface area contributed by atoms with E-state index in [1.54, 1.807) is 0 Å². The predicted molar refractivity (Wildman–Crippen MR) is 142 cm³/mol. The Bertz CT molecular complexity index is 949. The summed E-state index contributed by atoms with van der Waals surface area (Å²) in [5.74, 6) is 3.51. The molecule has 4 fully saturated rings. The number of carbonyl (C=O) groups is 2. The van der Waals surface area contributed by atoms with Gasteiger partial charge in [-0.1, -0.05) is 39.0 Å². The van der Waals surface area contributed by atoms with Crippen LogP contribution in [0.3, 0.4) is 0 Å². The second-order valence-electron chi connectivity index (χ2n) is 13.1. The fraction of sp³-hybridized carbons (Fsp3) is 0.742. The Morgan fingerprint density at radius 2 is 1.72 bits per heavy atom. The van der Waals surface area contributed by atoms with Crippen molar-refractivity contribution in [2.24, 2.45) is 46.3 Å². The van der Waals surface area contributed by atoms with Gasteiger partial charge in [0.2, 0.25) is 0 Å².